The van der Waals surface area contributed by atoms with E-state index in [0.717, 1.165) is 38.6 Å². The Labute approximate surface area is 159 Å². The Morgan fingerprint density at radius 1 is 0.962 bits per heavy atom. The second kappa shape index (κ2) is 9.96. The van der Waals surface area contributed by atoms with E-state index in [-0.39, 0.29) is 22.8 Å². The summed E-state index contributed by atoms with van der Waals surface area (Å²) in [6.45, 7) is 15.3. The fraction of sp³-hybridized carbons (Fsp3) is 0.682. The second-order valence-corrected chi connectivity index (χ2v) is 8.23. The molecule has 26 heavy (non-hydrogen) atoms. The molecular formula is C22H37NO3. The van der Waals surface area contributed by atoms with Crippen LogP contribution >= 0.6 is 0 Å². The maximum atomic E-state index is 11.9. The van der Waals surface area contributed by atoms with Crippen LogP contribution in [-0.4, -0.2) is 40.2 Å². The number of carbonyl (C=O) groups excluding carboxylic acids is 1. The molecule has 1 aromatic rings. The monoisotopic (exact) mass is 363 g/mol. The average Bonchev–Trinajstić information content (AvgIpc) is 2.60. The average molecular weight is 364 g/mol. The smallest absolute Gasteiger partial charge is 0.338 e. The van der Waals surface area contributed by atoms with E-state index in [9.17, 15) is 9.90 Å². The summed E-state index contributed by atoms with van der Waals surface area (Å²) in [5.41, 5.74) is 0.846. The predicted octanol–water partition coefficient (Wildman–Crippen LogP) is 5.40. The van der Waals surface area contributed by atoms with E-state index in [0.29, 0.717) is 12.2 Å². The van der Waals surface area contributed by atoms with E-state index in [2.05, 4.69) is 46.4 Å². The van der Waals surface area contributed by atoms with Gasteiger partial charge in [0.05, 0.1) is 12.2 Å². The van der Waals surface area contributed by atoms with Crippen molar-refractivity contribution in [3.63, 3.8) is 0 Å². The van der Waals surface area contributed by atoms with Gasteiger partial charge in [-0.05, 0) is 90.6 Å². The lowest BCUT2D eigenvalue weighted by Crippen LogP contribution is -2.55. The Kier molecular flexibility index (Phi) is 8.61. The molecule has 0 atom stereocenters. The minimum absolute atomic E-state index is 0.149. The number of rotatable bonds is 11. The molecule has 4 nitrogen and oxygen atoms in total. The molecule has 0 heterocycles. The van der Waals surface area contributed by atoms with Crippen LogP contribution in [0, 0.1) is 0 Å². The number of unbranched alkanes of at least 4 members (excludes halogenated alkanes) is 2. The number of phenolic OH excluding ortho intramolecular Hbond substituents is 1. The lowest BCUT2D eigenvalue weighted by molar-refractivity contribution is 0.00923. The van der Waals surface area contributed by atoms with Crippen molar-refractivity contribution in [3.8, 4) is 5.75 Å². The molecule has 0 spiro atoms. The largest absolute Gasteiger partial charge is 0.508 e. The van der Waals surface area contributed by atoms with Gasteiger partial charge in [0.1, 0.15) is 5.75 Å². The van der Waals surface area contributed by atoms with Gasteiger partial charge in [-0.2, -0.15) is 0 Å². The van der Waals surface area contributed by atoms with E-state index < -0.39 is 0 Å². The molecule has 1 N–H and O–H groups in total. The molecule has 0 bridgehead atoms. The molecule has 0 saturated heterocycles. The van der Waals surface area contributed by atoms with Crippen molar-refractivity contribution in [2.45, 2.75) is 84.7 Å². The SMILES string of the molecule is CCC(C)(C)N(CCCCCOC(=O)c1ccc(O)cc1)C(C)(C)CC. The van der Waals surface area contributed by atoms with Gasteiger partial charge >= 0.3 is 5.97 Å². The van der Waals surface area contributed by atoms with Gasteiger partial charge < -0.3 is 9.84 Å². The lowest BCUT2D eigenvalue weighted by atomic mass is 9.89. The van der Waals surface area contributed by atoms with Crippen molar-refractivity contribution in [1.82, 2.24) is 4.90 Å². The van der Waals surface area contributed by atoms with Crippen molar-refractivity contribution < 1.29 is 14.6 Å². The van der Waals surface area contributed by atoms with E-state index in [1.165, 1.54) is 12.1 Å². The van der Waals surface area contributed by atoms with E-state index in [1.807, 2.05) is 0 Å². The number of aromatic hydroxyl groups is 1. The number of nitrogens with zero attached hydrogens (tertiary/aromatic N) is 1. The molecule has 0 aliphatic heterocycles. The van der Waals surface area contributed by atoms with Gasteiger partial charge in [0.25, 0.3) is 0 Å². The van der Waals surface area contributed by atoms with Crippen LogP contribution in [0.4, 0.5) is 0 Å². The van der Waals surface area contributed by atoms with Crippen LogP contribution in [0.5, 0.6) is 5.75 Å². The molecular weight excluding hydrogens is 326 g/mol. The summed E-state index contributed by atoms with van der Waals surface area (Å²) in [5.74, 6) is -0.179. The van der Waals surface area contributed by atoms with Gasteiger partial charge in [0.15, 0.2) is 0 Å². The molecule has 1 rings (SSSR count). The number of hydrogen-bond acceptors (Lipinski definition) is 4. The Morgan fingerprint density at radius 3 is 2.00 bits per heavy atom. The summed E-state index contributed by atoms with van der Waals surface area (Å²) in [6, 6.07) is 6.15. The molecule has 0 aliphatic carbocycles. The highest BCUT2D eigenvalue weighted by Crippen LogP contribution is 2.30. The van der Waals surface area contributed by atoms with E-state index >= 15 is 0 Å². The first-order chi connectivity index (χ1) is 12.1. The van der Waals surface area contributed by atoms with Gasteiger partial charge in [-0.3, -0.25) is 4.90 Å². The molecule has 0 amide bonds. The fourth-order valence-corrected chi connectivity index (χ4v) is 3.20. The third-order valence-corrected chi connectivity index (χ3v) is 5.55. The van der Waals surface area contributed by atoms with Crippen LogP contribution in [0.1, 0.15) is 84.0 Å². The third-order valence-electron chi connectivity index (χ3n) is 5.55. The normalized spacial score (nSPS) is 12.4. The summed E-state index contributed by atoms with van der Waals surface area (Å²) in [7, 11) is 0. The molecule has 0 radical (unpaired) electrons. The standard InChI is InChI=1S/C22H37NO3/c1-7-21(3,4)23(22(5,6)8-2)16-10-9-11-17-26-20(25)18-12-14-19(24)15-13-18/h12-15,24H,7-11,16-17H2,1-6H3. The fourth-order valence-electron chi connectivity index (χ4n) is 3.20. The zero-order valence-electron chi connectivity index (χ0n) is 17.5. The minimum atomic E-state index is -0.328. The Hall–Kier alpha value is -1.55. The first-order valence-electron chi connectivity index (χ1n) is 9.88. The molecule has 0 saturated carbocycles. The van der Waals surface area contributed by atoms with Crippen molar-refractivity contribution in [1.29, 1.82) is 0 Å². The zero-order chi connectivity index (χ0) is 19.8. The van der Waals surface area contributed by atoms with E-state index in [4.69, 9.17) is 4.74 Å². The van der Waals surface area contributed by atoms with Crippen molar-refractivity contribution in [2.75, 3.05) is 13.2 Å². The van der Waals surface area contributed by atoms with Crippen LogP contribution in [0.25, 0.3) is 0 Å². The van der Waals surface area contributed by atoms with Crippen LogP contribution in [0.3, 0.4) is 0 Å². The van der Waals surface area contributed by atoms with Gasteiger partial charge in [0, 0.05) is 11.1 Å². The van der Waals surface area contributed by atoms with Crippen LogP contribution < -0.4 is 0 Å². The first-order valence-corrected chi connectivity index (χ1v) is 9.88. The zero-order valence-corrected chi connectivity index (χ0v) is 17.5. The number of carbonyl (C=O) groups is 1. The molecule has 4 heteroatoms. The van der Waals surface area contributed by atoms with Crippen LogP contribution in [0.15, 0.2) is 24.3 Å². The van der Waals surface area contributed by atoms with Crippen molar-refractivity contribution in [2.24, 2.45) is 0 Å². The summed E-state index contributed by atoms with van der Waals surface area (Å²) in [6.07, 6.45) is 5.26. The van der Waals surface area contributed by atoms with Crippen LogP contribution in [0.2, 0.25) is 0 Å². The molecule has 0 fully saturated rings. The molecule has 148 valence electrons. The predicted molar refractivity (Wildman–Crippen MR) is 108 cm³/mol. The minimum Gasteiger partial charge on any atom is -0.508 e. The van der Waals surface area contributed by atoms with Gasteiger partial charge in [-0.15, -0.1) is 0 Å². The summed E-state index contributed by atoms with van der Waals surface area (Å²) in [4.78, 5) is 14.6. The lowest BCUT2D eigenvalue weighted by Gasteiger charge is -2.48. The van der Waals surface area contributed by atoms with Crippen LogP contribution in [-0.2, 0) is 4.74 Å². The number of hydrogen-bond donors (Lipinski definition) is 1. The molecule has 0 aliphatic rings. The second-order valence-electron chi connectivity index (χ2n) is 8.23. The van der Waals surface area contributed by atoms with Gasteiger partial charge in [-0.1, -0.05) is 13.8 Å². The highest BCUT2D eigenvalue weighted by molar-refractivity contribution is 5.89. The number of ether oxygens (including phenoxy) is 1. The van der Waals surface area contributed by atoms with Crippen molar-refractivity contribution >= 4 is 5.97 Å². The maximum absolute atomic E-state index is 11.9. The molecule has 0 unspecified atom stereocenters. The summed E-state index contributed by atoms with van der Waals surface area (Å²) < 4.78 is 5.32. The van der Waals surface area contributed by atoms with Gasteiger partial charge in [-0.25, -0.2) is 4.79 Å². The highest BCUT2D eigenvalue weighted by atomic mass is 16.5. The topological polar surface area (TPSA) is 49.8 Å². The first kappa shape index (κ1) is 22.5. The van der Waals surface area contributed by atoms with Gasteiger partial charge in [0.2, 0.25) is 0 Å². The maximum Gasteiger partial charge on any atom is 0.338 e. The summed E-state index contributed by atoms with van der Waals surface area (Å²) >= 11 is 0. The van der Waals surface area contributed by atoms with Crippen molar-refractivity contribution in [3.05, 3.63) is 29.8 Å². The molecule has 0 aromatic heterocycles. The quantitative estimate of drug-likeness (QED) is 0.422. The Balaban J connectivity index is 2.38. The Morgan fingerprint density at radius 2 is 1.50 bits per heavy atom. The Bertz CT molecular complexity index is 533. The number of esters is 1. The third kappa shape index (κ3) is 6.64. The highest BCUT2D eigenvalue weighted by Gasteiger charge is 2.34. The molecule has 1 aromatic carbocycles. The van der Waals surface area contributed by atoms with E-state index in [1.54, 1.807) is 12.1 Å². The number of phenols is 1. The number of benzene rings is 1. The summed E-state index contributed by atoms with van der Waals surface area (Å²) in [5, 5.41) is 9.25.